The molecule has 202 valence electrons. The molecule has 10 nitrogen and oxygen atoms in total. The highest BCUT2D eigenvalue weighted by atomic mass is 35.5. The molecular weight excluding hydrogens is 509 g/mol. The van der Waals surface area contributed by atoms with E-state index in [4.69, 9.17) is 26.8 Å². The lowest BCUT2D eigenvalue weighted by Gasteiger charge is -2.33. The largest absolute Gasteiger partial charge is 0.491 e. The van der Waals surface area contributed by atoms with E-state index in [2.05, 4.69) is 10.2 Å². The Kier molecular flexibility index (Phi) is 9.82. The van der Waals surface area contributed by atoms with Crippen LogP contribution in [0.5, 0.6) is 5.75 Å². The van der Waals surface area contributed by atoms with Crippen molar-refractivity contribution in [1.82, 2.24) is 10.2 Å². The average Bonchev–Trinajstić information content (AvgIpc) is 2.89. The van der Waals surface area contributed by atoms with Crippen LogP contribution >= 0.6 is 11.6 Å². The van der Waals surface area contributed by atoms with Gasteiger partial charge < -0.3 is 35.8 Å². The van der Waals surface area contributed by atoms with E-state index in [1.807, 2.05) is 0 Å². The van der Waals surface area contributed by atoms with Crippen molar-refractivity contribution in [1.29, 1.82) is 0 Å². The zero-order chi connectivity index (χ0) is 27.2. The molecule has 6 N–H and O–H groups in total. The van der Waals surface area contributed by atoms with Crippen molar-refractivity contribution in [3.63, 3.8) is 0 Å². The highest BCUT2D eigenvalue weighted by Gasteiger charge is 2.39. The third-order valence-electron chi connectivity index (χ3n) is 6.01. The Labute approximate surface area is 218 Å². The van der Waals surface area contributed by atoms with Crippen molar-refractivity contribution < 1.29 is 38.8 Å². The zero-order valence-electron chi connectivity index (χ0n) is 20.4. The molecule has 1 heterocycles. The van der Waals surface area contributed by atoms with Crippen LogP contribution < -0.4 is 15.8 Å². The maximum atomic E-state index is 13.2. The number of halogens is 2. The first-order valence-electron chi connectivity index (χ1n) is 11.7. The summed E-state index contributed by atoms with van der Waals surface area (Å²) in [5.41, 5.74) is 3.86. The molecule has 37 heavy (non-hydrogen) atoms. The molecule has 1 fully saturated rings. The molecule has 1 aliphatic heterocycles. The Hall–Kier alpha value is -2.80. The zero-order valence-corrected chi connectivity index (χ0v) is 21.1. The molecule has 3 rings (SSSR count). The van der Waals surface area contributed by atoms with Crippen LogP contribution in [0.1, 0.15) is 33.2 Å². The number of nitrogens with one attached hydrogen (secondary N) is 1. The van der Waals surface area contributed by atoms with Crippen LogP contribution in [0.2, 0.25) is 5.02 Å². The summed E-state index contributed by atoms with van der Waals surface area (Å²) in [4.78, 5) is 28.0. The summed E-state index contributed by atoms with van der Waals surface area (Å²) in [7, 11) is 0. The average molecular weight is 540 g/mol. The minimum absolute atomic E-state index is 0.0311. The van der Waals surface area contributed by atoms with E-state index in [1.165, 1.54) is 18.2 Å². The van der Waals surface area contributed by atoms with Gasteiger partial charge in [-0.25, -0.2) is 4.39 Å². The van der Waals surface area contributed by atoms with Crippen LogP contribution in [-0.2, 0) is 11.3 Å². The number of aliphatic hydroxyl groups is 3. The molecule has 0 saturated carbocycles. The number of Topliss-reactive ketones (excluding diaryl/α,β-unsaturated/α-hetero) is 1. The molecule has 1 aliphatic rings. The molecule has 2 aromatic carbocycles. The molecular formula is C25H31ClFN3O7. The van der Waals surface area contributed by atoms with Gasteiger partial charge in [-0.2, -0.15) is 0 Å². The van der Waals surface area contributed by atoms with Gasteiger partial charge in [0, 0.05) is 26.2 Å². The topological polar surface area (TPSA) is 155 Å². The quantitative estimate of drug-likeness (QED) is 0.208. The summed E-state index contributed by atoms with van der Waals surface area (Å²) in [6.45, 7) is 2.08. The monoisotopic (exact) mass is 539 g/mol. The van der Waals surface area contributed by atoms with Gasteiger partial charge in [-0.1, -0.05) is 23.7 Å². The molecule has 1 atom stereocenters. The molecule has 12 heteroatoms. The number of rotatable bonds is 11. The number of amides is 1. The summed E-state index contributed by atoms with van der Waals surface area (Å²) in [6.07, 6.45) is -0.313. The van der Waals surface area contributed by atoms with Gasteiger partial charge in [0.15, 0.2) is 11.4 Å². The van der Waals surface area contributed by atoms with Gasteiger partial charge in [-0.3, -0.25) is 14.5 Å². The molecule has 0 bridgehead atoms. The van der Waals surface area contributed by atoms with E-state index >= 15 is 0 Å². The lowest BCUT2D eigenvalue weighted by molar-refractivity contribution is -0.0326. The lowest BCUT2D eigenvalue weighted by Crippen LogP contribution is -2.47. The predicted molar refractivity (Wildman–Crippen MR) is 134 cm³/mol. The minimum atomic E-state index is -2.51. The Balaban J connectivity index is 1.73. The fourth-order valence-electron chi connectivity index (χ4n) is 3.97. The SMILES string of the molecule is CCOc1c(C(=O)NCC2CN(Cc3ccc(F)cc3)CCO2)cc(Cl)c(C(=O)C(O)(CO)CO)c1N. The van der Waals surface area contributed by atoms with Crippen LogP contribution in [0.4, 0.5) is 10.1 Å². The first-order valence-corrected chi connectivity index (χ1v) is 12.1. The van der Waals surface area contributed by atoms with E-state index < -0.39 is 30.5 Å². The van der Waals surface area contributed by atoms with Gasteiger partial charge in [0.1, 0.15) is 5.82 Å². The van der Waals surface area contributed by atoms with Crippen LogP contribution in [0.15, 0.2) is 30.3 Å². The third-order valence-corrected chi connectivity index (χ3v) is 6.31. The number of ketones is 1. The maximum Gasteiger partial charge on any atom is 0.255 e. The number of carbonyl (C=O) groups excluding carboxylic acids is 2. The molecule has 2 aromatic rings. The molecule has 1 amide bonds. The Morgan fingerprint density at radius 1 is 1.30 bits per heavy atom. The maximum absolute atomic E-state index is 13.2. The van der Waals surface area contributed by atoms with Gasteiger partial charge in [-0.05, 0) is 30.7 Å². The Morgan fingerprint density at radius 3 is 2.59 bits per heavy atom. The Morgan fingerprint density at radius 2 is 1.97 bits per heavy atom. The highest BCUT2D eigenvalue weighted by molar-refractivity contribution is 6.36. The van der Waals surface area contributed by atoms with Gasteiger partial charge in [0.25, 0.3) is 5.91 Å². The van der Waals surface area contributed by atoms with E-state index in [0.29, 0.717) is 26.2 Å². The number of carbonyl (C=O) groups is 2. The second-order valence-corrected chi connectivity index (χ2v) is 9.11. The van der Waals surface area contributed by atoms with Crippen LogP contribution in [-0.4, -0.2) is 89.7 Å². The summed E-state index contributed by atoms with van der Waals surface area (Å²) in [6, 6.07) is 7.45. The van der Waals surface area contributed by atoms with Crippen LogP contribution in [0.25, 0.3) is 0 Å². The number of nitrogens with two attached hydrogens (primary N) is 1. The number of aliphatic hydroxyl groups excluding tert-OH is 2. The van der Waals surface area contributed by atoms with Crippen molar-refractivity contribution in [3.8, 4) is 5.75 Å². The van der Waals surface area contributed by atoms with Gasteiger partial charge in [0.05, 0.1) is 54.4 Å². The van der Waals surface area contributed by atoms with Gasteiger partial charge in [0.2, 0.25) is 5.78 Å². The number of morpholine rings is 1. The third kappa shape index (κ3) is 6.75. The number of hydrogen-bond acceptors (Lipinski definition) is 9. The lowest BCUT2D eigenvalue weighted by atomic mass is 9.92. The smallest absolute Gasteiger partial charge is 0.255 e. The van der Waals surface area contributed by atoms with Crippen molar-refractivity contribution in [2.75, 3.05) is 51.8 Å². The number of nitrogen functional groups attached to an aromatic ring is 1. The minimum Gasteiger partial charge on any atom is -0.491 e. The fraction of sp³-hybridized carbons (Fsp3) is 0.440. The second kappa shape index (κ2) is 12.6. The van der Waals surface area contributed by atoms with Crippen LogP contribution in [0, 0.1) is 5.82 Å². The van der Waals surface area contributed by atoms with E-state index in [1.54, 1.807) is 19.1 Å². The molecule has 0 spiro atoms. The number of hydrogen-bond donors (Lipinski definition) is 5. The standard InChI is InChI=1S/C25H31ClFN3O7/c1-2-36-22-18(9-19(26)20(21(22)28)23(33)25(35,13-31)14-32)24(34)29-10-17-12-30(7-8-37-17)11-15-3-5-16(27)6-4-15/h3-6,9,17,31-32,35H,2,7-8,10-14,28H2,1H3,(H,29,34). The van der Waals surface area contributed by atoms with Gasteiger partial charge in [-0.15, -0.1) is 0 Å². The number of ether oxygens (including phenoxy) is 2. The Bertz CT molecular complexity index is 1110. The summed E-state index contributed by atoms with van der Waals surface area (Å²) < 4.78 is 24.5. The fourth-order valence-corrected chi connectivity index (χ4v) is 4.27. The summed E-state index contributed by atoms with van der Waals surface area (Å²) in [5.74, 6) is -2.10. The van der Waals surface area contributed by atoms with Crippen molar-refractivity contribution in [2.24, 2.45) is 0 Å². The van der Waals surface area contributed by atoms with Crippen molar-refractivity contribution in [2.45, 2.75) is 25.2 Å². The normalized spacial score (nSPS) is 16.4. The first kappa shape index (κ1) is 28.8. The number of anilines is 1. The molecule has 0 aliphatic carbocycles. The summed E-state index contributed by atoms with van der Waals surface area (Å²) in [5, 5.41) is 31.5. The molecule has 1 saturated heterocycles. The van der Waals surface area contributed by atoms with Crippen LogP contribution in [0.3, 0.4) is 0 Å². The molecule has 0 radical (unpaired) electrons. The molecule has 0 aromatic heterocycles. The van der Waals surface area contributed by atoms with Crippen molar-refractivity contribution in [3.05, 3.63) is 57.9 Å². The van der Waals surface area contributed by atoms with E-state index in [9.17, 15) is 29.3 Å². The number of nitrogens with zero attached hydrogens (tertiary/aromatic N) is 1. The highest BCUT2D eigenvalue weighted by Crippen LogP contribution is 2.37. The first-order chi connectivity index (χ1) is 17.6. The molecule has 1 unspecified atom stereocenters. The second-order valence-electron chi connectivity index (χ2n) is 8.70. The summed E-state index contributed by atoms with van der Waals surface area (Å²) >= 11 is 6.25. The predicted octanol–water partition coefficient (Wildman–Crippen LogP) is 0.989. The van der Waals surface area contributed by atoms with E-state index in [-0.39, 0.29) is 52.7 Å². The number of benzene rings is 2. The van der Waals surface area contributed by atoms with E-state index in [0.717, 1.165) is 5.56 Å². The van der Waals surface area contributed by atoms with Gasteiger partial charge >= 0.3 is 0 Å². The van der Waals surface area contributed by atoms with Crippen molar-refractivity contribution >= 4 is 29.0 Å².